The number of carbonyl (C=O) groups is 1. The van der Waals surface area contributed by atoms with Gasteiger partial charge in [0.05, 0.1) is 11.9 Å². The van der Waals surface area contributed by atoms with E-state index < -0.39 is 17.8 Å². The predicted molar refractivity (Wildman–Crippen MR) is 84.3 cm³/mol. The molecule has 114 valence electrons. The second kappa shape index (κ2) is 7.36. The summed E-state index contributed by atoms with van der Waals surface area (Å²) < 4.78 is 13.4. The topological polar surface area (TPSA) is 50.7 Å². The van der Waals surface area contributed by atoms with Gasteiger partial charge in [0.1, 0.15) is 5.82 Å². The summed E-state index contributed by atoms with van der Waals surface area (Å²) in [5.74, 6) is -0.961. The third kappa shape index (κ3) is 4.41. The highest BCUT2D eigenvalue weighted by Crippen LogP contribution is 2.13. The van der Waals surface area contributed by atoms with E-state index >= 15 is 0 Å². The highest BCUT2D eigenvalue weighted by Gasteiger charge is 2.15. The molecular weight excluding hydrogens is 283 g/mol. The molecule has 2 aromatic rings. The molecule has 0 aromatic heterocycles. The molecule has 0 aliphatic carbocycles. The van der Waals surface area contributed by atoms with Crippen LogP contribution in [-0.2, 0) is 9.63 Å². The molecule has 0 heterocycles. The zero-order valence-electron chi connectivity index (χ0n) is 12.4. The molecule has 1 amide bonds. The van der Waals surface area contributed by atoms with Gasteiger partial charge in [-0.15, -0.1) is 0 Å². The first-order valence-electron chi connectivity index (χ1n) is 6.87. The summed E-state index contributed by atoms with van der Waals surface area (Å²) in [5.41, 5.74) is 2.13. The fraction of sp³-hybridized carbons (Fsp3) is 0.176. The summed E-state index contributed by atoms with van der Waals surface area (Å²) in [6, 6.07) is 13.6. The number of benzene rings is 2. The molecule has 0 bridgehead atoms. The van der Waals surface area contributed by atoms with Gasteiger partial charge in [0.2, 0.25) is 6.10 Å². The van der Waals surface area contributed by atoms with Gasteiger partial charge in [-0.2, -0.15) is 0 Å². The van der Waals surface area contributed by atoms with Gasteiger partial charge in [-0.05, 0) is 31.5 Å². The van der Waals surface area contributed by atoms with Crippen molar-refractivity contribution in [3.63, 3.8) is 0 Å². The van der Waals surface area contributed by atoms with Crippen LogP contribution >= 0.6 is 0 Å². The minimum Gasteiger partial charge on any atom is -0.383 e. The van der Waals surface area contributed by atoms with Crippen molar-refractivity contribution in [1.29, 1.82) is 0 Å². The molecule has 5 heteroatoms. The van der Waals surface area contributed by atoms with Crippen molar-refractivity contribution in [1.82, 2.24) is 0 Å². The Morgan fingerprint density at radius 3 is 2.59 bits per heavy atom. The highest BCUT2D eigenvalue weighted by atomic mass is 19.1. The van der Waals surface area contributed by atoms with Crippen molar-refractivity contribution in [3.8, 4) is 0 Å². The van der Waals surface area contributed by atoms with Gasteiger partial charge >= 0.3 is 0 Å². The van der Waals surface area contributed by atoms with E-state index in [9.17, 15) is 9.18 Å². The lowest BCUT2D eigenvalue weighted by atomic mass is 10.2. The third-order valence-corrected chi connectivity index (χ3v) is 3.00. The van der Waals surface area contributed by atoms with Crippen LogP contribution < -0.4 is 5.32 Å². The van der Waals surface area contributed by atoms with Crippen molar-refractivity contribution in [2.24, 2.45) is 5.16 Å². The van der Waals surface area contributed by atoms with Crippen molar-refractivity contribution in [2.45, 2.75) is 20.0 Å². The van der Waals surface area contributed by atoms with Gasteiger partial charge in [0.25, 0.3) is 5.91 Å². The summed E-state index contributed by atoms with van der Waals surface area (Å²) in [7, 11) is 0. The van der Waals surface area contributed by atoms with Crippen molar-refractivity contribution in [3.05, 3.63) is 65.5 Å². The zero-order valence-corrected chi connectivity index (χ0v) is 12.4. The number of oxime groups is 1. The zero-order chi connectivity index (χ0) is 15.9. The van der Waals surface area contributed by atoms with Gasteiger partial charge in [-0.3, -0.25) is 4.79 Å². The maximum absolute atomic E-state index is 13.4. The summed E-state index contributed by atoms with van der Waals surface area (Å²) in [6.07, 6.45) is 0.688. The number of hydrogen-bond donors (Lipinski definition) is 1. The molecule has 2 rings (SSSR count). The van der Waals surface area contributed by atoms with Crippen molar-refractivity contribution in [2.75, 3.05) is 5.32 Å². The Balaban J connectivity index is 1.89. The molecule has 0 unspecified atom stereocenters. The lowest BCUT2D eigenvalue weighted by molar-refractivity contribution is -0.126. The largest absolute Gasteiger partial charge is 0.383 e. The van der Waals surface area contributed by atoms with Crippen LogP contribution in [0, 0.1) is 12.7 Å². The van der Waals surface area contributed by atoms with Crippen LogP contribution in [-0.4, -0.2) is 18.2 Å². The van der Waals surface area contributed by atoms with Crippen molar-refractivity contribution >= 4 is 17.8 Å². The second-order valence-electron chi connectivity index (χ2n) is 4.86. The molecule has 0 fully saturated rings. The van der Waals surface area contributed by atoms with Crippen LogP contribution in [0.2, 0.25) is 0 Å². The Labute approximate surface area is 128 Å². The minimum atomic E-state index is -0.832. The fourth-order valence-corrected chi connectivity index (χ4v) is 1.68. The molecule has 1 N–H and O–H groups in total. The number of para-hydroxylation sites is 1. The van der Waals surface area contributed by atoms with E-state index in [0.29, 0.717) is 0 Å². The molecule has 0 saturated heterocycles. The van der Waals surface area contributed by atoms with E-state index in [4.69, 9.17) is 4.84 Å². The Kier molecular flexibility index (Phi) is 5.25. The first-order valence-corrected chi connectivity index (χ1v) is 6.87. The maximum atomic E-state index is 13.4. The average Bonchev–Trinajstić information content (AvgIpc) is 2.51. The van der Waals surface area contributed by atoms with Crippen molar-refractivity contribution < 1.29 is 14.0 Å². The van der Waals surface area contributed by atoms with Crippen LogP contribution in [0.1, 0.15) is 18.1 Å². The summed E-state index contributed by atoms with van der Waals surface area (Å²) >= 11 is 0. The first-order chi connectivity index (χ1) is 10.6. The standard InChI is InChI=1S/C17H17FN2O2/c1-12-7-9-14(10-8-12)11-19-22-13(2)17(21)20-16-6-4-3-5-15(16)18/h3-11,13H,1-2H3,(H,20,21)/b19-11-/t13-/m1/s1. The number of hydrogen-bond acceptors (Lipinski definition) is 3. The van der Waals surface area contributed by atoms with Gasteiger partial charge in [-0.1, -0.05) is 47.1 Å². The lowest BCUT2D eigenvalue weighted by Crippen LogP contribution is -2.26. The van der Waals surface area contributed by atoms with Crippen LogP contribution in [0.25, 0.3) is 0 Å². The number of amides is 1. The van der Waals surface area contributed by atoms with E-state index in [1.54, 1.807) is 19.1 Å². The number of halogens is 1. The van der Waals surface area contributed by atoms with Gasteiger partial charge in [0.15, 0.2) is 0 Å². The van der Waals surface area contributed by atoms with E-state index in [-0.39, 0.29) is 5.69 Å². The molecule has 0 aliphatic rings. The minimum absolute atomic E-state index is 0.116. The summed E-state index contributed by atoms with van der Waals surface area (Å²) in [4.78, 5) is 17.0. The molecule has 4 nitrogen and oxygen atoms in total. The van der Waals surface area contributed by atoms with Gasteiger partial charge in [-0.25, -0.2) is 4.39 Å². The van der Waals surface area contributed by atoms with Gasteiger partial charge in [0, 0.05) is 0 Å². The lowest BCUT2D eigenvalue weighted by Gasteiger charge is -2.10. The fourth-order valence-electron chi connectivity index (χ4n) is 1.68. The third-order valence-electron chi connectivity index (χ3n) is 3.00. The summed E-state index contributed by atoms with van der Waals surface area (Å²) in [5, 5.41) is 6.23. The Morgan fingerprint density at radius 1 is 1.23 bits per heavy atom. The molecule has 0 aliphatic heterocycles. The Hall–Kier alpha value is -2.69. The normalized spacial score (nSPS) is 12.1. The highest BCUT2D eigenvalue weighted by molar-refractivity contribution is 5.94. The van der Waals surface area contributed by atoms with Crippen LogP contribution in [0.4, 0.5) is 10.1 Å². The number of rotatable bonds is 5. The molecule has 0 saturated carbocycles. The molecule has 0 spiro atoms. The quantitative estimate of drug-likeness (QED) is 0.678. The maximum Gasteiger partial charge on any atom is 0.268 e. The van der Waals surface area contributed by atoms with E-state index in [1.807, 2.05) is 31.2 Å². The van der Waals surface area contributed by atoms with E-state index in [2.05, 4.69) is 10.5 Å². The van der Waals surface area contributed by atoms with Crippen LogP contribution in [0.15, 0.2) is 53.7 Å². The number of nitrogens with zero attached hydrogens (tertiary/aromatic N) is 1. The van der Waals surface area contributed by atoms with Crippen LogP contribution in [0.3, 0.4) is 0 Å². The molecular formula is C17H17FN2O2. The van der Waals surface area contributed by atoms with E-state index in [0.717, 1.165) is 11.1 Å². The monoisotopic (exact) mass is 300 g/mol. The molecule has 1 atom stereocenters. The van der Waals surface area contributed by atoms with E-state index in [1.165, 1.54) is 18.3 Å². The smallest absolute Gasteiger partial charge is 0.268 e. The van der Waals surface area contributed by atoms with Gasteiger partial charge < -0.3 is 10.2 Å². The number of carbonyl (C=O) groups excluding carboxylic acids is 1. The molecule has 0 radical (unpaired) electrons. The first kappa shape index (κ1) is 15.7. The average molecular weight is 300 g/mol. The molecule has 22 heavy (non-hydrogen) atoms. The summed E-state index contributed by atoms with van der Waals surface area (Å²) in [6.45, 7) is 3.54. The van der Waals surface area contributed by atoms with Crippen LogP contribution in [0.5, 0.6) is 0 Å². The number of aryl methyl sites for hydroxylation is 1. The Bertz CT molecular complexity index is 669. The molecule has 2 aromatic carbocycles. The predicted octanol–water partition coefficient (Wildman–Crippen LogP) is 3.51. The number of anilines is 1. The second-order valence-corrected chi connectivity index (χ2v) is 4.86. The number of nitrogens with one attached hydrogen (secondary N) is 1. The SMILES string of the molecule is Cc1ccc(/C=N\O[C@H](C)C(=O)Nc2ccccc2F)cc1. The Morgan fingerprint density at radius 2 is 1.91 bits per heavy atom.